The number of aliphatic hydroxyl groups excluding tert-OH is 1. The van der Waals surface area contributed by atoms with E-state index in [0.29, 0.717) is 28.9 Å². The van der Waals surface area contributed by atoms with Crippen molar-refractivity contribution in [1.29, 1.82) is 0 Å². The van der Waals surface area contributed by atoms with Gasteiger partial charge in [-0.1, -0.05) is 18.2 Å². The number of aromatic nitrogens is 2. The van der Waals surface area contributed by atoms with Gasteiger partial charge in [-0.05, 0) is 37.1 Å². The molecule has 0 spiro atoms. The van der Waals surface area contributed by atoms with E-state index in [9.17, 15) is 19.1 Å². The van der Waals surface area contributed by atoms with Crippen LogP contribution in [0.1, 0.15) is 24.4 Å². The molecule has 1 fully saturated rings. The van der Waals surface area contributed by atoms with Gasteiger partial charge < -0.3 is 25.5 Å². The molecule has 1 atom stereocenters. The maximum Gasteiger partial charge on any atom is 0.326 e. The highest BCUT2D eigenvalue weighted by Gasteiger charge is 2.25. The van der Waals surface area contributed by atoms with E-state index in [2.05, 4.69) is 9.88 Å². The third kappa shape index (κ3) is 5.00. The van der Waals surface area contributed by atoms with Crippen molar-refractivity contribution < 1.29 is 19.0 Å². The Morgan fingerprint density at radius 2 is 2.00 bits per heavy atom. The minimum Gasteiger partial charge on any atom is -0.491 e. The molecule has 4 N–H and O–H groups in total. The van der Waals surface area contributed by atoms with E-state index < -0.39 is 12.0 Å². The Kier molecular flexibility index (Phi) is 6.57. The zero-order chi connectivity index (χ0) is 22.7. The molecule has 8 nitrogen and oxygen atoms in total. The number of carbonyl (C=O) groups excluding carboxylic acids is 1. The minimum absolute atomic E-state index is 0.0204. The molecular formula is C23H27FN4O4. The number of hydrogen-bond donors (Lipinski definition) is 3. The van der Waals surface area contributed by atoms with Gasteiger partial charge in [0.05, 0.1) is 17.5 Å². The Morgan fingerprint density at radius 3 is 2.75 bits per heavy atom. The number of rotatable bonds is 8. The number of nitrogens with one attached hydrogen (secondary N) is 1. The number of carbonyl (C=O) groups is 1. The summed E-state index contributed by atoms with van der Waals surface area (Å²) in [5.41, 5.74) is 6.95. The number of piperidine rings is 1. The Bertz CT molecular complexity index is 1150. The van der Waals surface area contributed by atoms with E-state index in [-0.39, 0.29) is 30.6 Å². The van der Waals surface area contributed by atoms with Gasteiger partial charge in [-0.15, -0.1) is 0 Å². The number of halogens is 1. The second-order valence-electron chi connectivity index (χ2n) is 8.21. The van der Waals surface area contributed by atoms with Crippen molar-refractivity contribution in [1.82, 2.24) is 14.5 Å². The third-order valence-electron chi connectivity index (χ3n) is 5.84. The lowest BCUT2D eigenvalue weighted by atomic mass is 10.0. The summed E-state index contributed by atoms with van der Waals surface area (Å²) in [6.07, 6.45) is 0.880. The highest BCUT2D eigenvalue weighted by Crippen LogP contribution is 2.25. The van der Waals surface area contributed by atoms with Gasteiger partial charge in [0.2, 0.25) is 5.91 Å². The second-order valence-corrected chi connectivity index (χ2v) is 8.21. The first-order chi connectivity index (χ1) is 15.4. The van der Waals surface area contributed by atoms with Crippen LogP contribution in [-0.2, 0) is 11.2 Å². The van der Waals surface area contributed by atoms with Crippen LogP contribution in [0.3, 0.4) is 0 Å². The molecule has 4 rings (SSSR count). The first kappa shape index (κ1) is 22.0. The summed E-state index contributed by atoms with van der Waals surface area (Å²) in [7, 11) is 0. The van der Waals surface area contributed by atoms with E-state index in [4.69, 9.17) is 10.5 Å². The first-order valence-electron chi connectivity index (χ1n) is 10.7. The lowest BCUT2D eigenvalue weighted by Gasteiger charge is -2.33. The Balaban J connectivity index is 1.31. The van der Waals surface area contributed by atoms with Crippen LogP contribution in [0, 0.1) is 5.82 Å². The Morgan fingerprint density at radius 1 is 1.25 bits per heavy atom. The van der Waals surface area contributed by atoms with Crippen LogP contribution in [0.25, 0.3) is 11.0 Å². The van der Waals surface area contributed by atoms with Crippen molar-refractivity contribution in [3.05, 3.63) is 64.3 Å². The van der Waals surface area contributed by atoms with E-state index in [1.807, 2.05) is 0 Å². The smallest absolute Gasteiger partial charge is 0.326 e. The van der Waals surface area contributed by atoms with Crippen LogP contribution in [0.15, 0.2) is 47.3 Å². The topological polar surface area (TPSA) is 114 Å². The average molecular weight is 442 g/mol. The van der Waals surface area contributed by atoms with Gasteiger partial charge in [0.1, 0.15) is 24.3 Å². The number of aromatic amines is 1. The molecule has 1 aromatic heterocycles. The molecular weight excluding hydrogens is 415 g/mol. The van der Waals surface area contributed by atoms with Crippen LogP contribution in [0.2, 0.25) is 0 Å². The van der Waals surface area contributed by atoms with Gasteiger partial charge in [0.25, 0.3) is 0 Å². The van der Waals surface area contributed by atoms with E-state index >= 15 is 0 Å². The molecule has 3 aromatic rings. The summed E-state index contributed by atoms with van der Waals surface area (Å²) < 4.78 is 20.9. The summed E-state index contributed by atoms with van der Waals surface area (Å²) in [6, 6.07) is 11.5. The van der Waals surface area contributed by atoms with Crippen molar-refractivity contribution >= 4 is 16.9 Å². The number of para-hydroxylation sites is 1. The van der Waals surface area contributed by atoms with Gasteiger partial charge in [-0.3, -0.25) is 9.36 Å². The molecule has 0 aliphatic carbocycles. The highest BCUT2D eigenvalue weighted by atomic mass is 19.1. The van der Waals surface area contributed by atoms with Crippen molar-refractivity contribution in [2.45, 2.75) is 31.4 Å². The SMILES string of the molecule is NC(=O)Cc1ccccc1OCC(O)CN1CCC(n2c(=O)[nH]c3cc(F)ccc32)CC1. The number of H-pyrrole nitrogens is 1. The van der Waals surface area contributed by atoms with E-state index in [1.165, 1.54) is 12.1 Å². The lowest BCUT2D eigenvalue weighted by Crippen LogP contribution is -2.42. The Labute approximate surface area is 184 Å². The number of nitrogens with two attached hydrogens (primary N) is 1. The maximum absolute atomic E-state index is 13.4. The number of aliphatic hydroxyl groups is 1. The van der Waals surface area contributed by atoms with Crippen LogP contribution in [-0.4, -0.2) is 57.8 Å². The van der Waals surface area contributed by atoms with Gasteiger partial charge in [0, 0.05) is 31.2 Å². The van der Waals surface area contributed by atoms with Crippen LogP contribution in [0.4, 0.5) is 4.39 Å². The number of nitrogens with zero attached hydrogens (tertiary/aromatic N) is 2. The van der Waals surface area contributed by atoms with Crippen LogP contribution < -0.4 is 16.2 Å². The molecule has 0 radical (unpaired) electrons. The molecule has 170 valence electrons. The summed E-state index contributed by atoms with van der Waals surface area (Å²) in [6.45, 7) is 1.99. The molecule has 2 aromatic carbocycles. The normalized spacial score (nSPS) is 16.3. The first-order valence-corrected chi connectivity index (χ1v) is 10.7. The van der Waals surface area contributed by atoms with Crippen LogP contribution in [0.5, 0.6) is 5.75 Å². The third-order valence-corrected chi connectivity index (χ3v) is 5.84. The molecule has 0 saturated carbocycles. The molecule has 1 amide bonds. The zero-order valence-electron chi connectivity index (χ0n) is 17.7. The largest absolute Gasteiger partial charge is 0.491 e. The molecule has 1 unspecified atom stereocenters. The second kappa shape index (κ2) is 9.54. The highest BCUT2D eigenvalue weighted by molar-refractivity contribution is 5.77. The Hall–Kier alpha value is -3.17. The van der Waals surface area contributed by atoms with Crippen molar-refractivity contribution in [3.63, 3.8) is 0 Å². The summed E-state index contributed by atoms with van der Waals surface area (Å²) >= 11 is 0. The molecule has 0 bridgehead atoms. The summed E-state index contributed by atoms with van der Waals surface area (Å²) in [5, 5.41) is 10.4. The zero-order valence-corrected chi connectivity index (χ0v) is 17.7. The lowest BCUT2D eigenvalue weighted by molar-refractivity contribution is -0.117. The standard InChI is InChI=1S/C23H27FN4O4/c24-16-5-6-20-19(12-16)26-23(31)28(20)17-7-9-27(10-8-17)13-18(29)14-32-21-4-2-1-3-15(21)11-22(25)30/h1-6,12,17-18,29H,7-11,13-14H2,(H2,25,30)(H,26,31). The van der Waals surface area contributed by atoms with Crippen LogP contribution >= 0.6 is 0 Å². The fourth-order valence-electron chi connectivity index (χ4n) is 4.34. The molecule has 2 heterocycles. The number of β-amino-alcohol motifs (C(OH)–C–C–N with tert-alkyl or cyclic N) is 1. The molecule has 32 heavy (non-hydrogen) atoms. The maximum atomic E-state index is 13.4. The number of likely N-dealkylation sites (tertiary alicyclic amines) is 1. The molecule has 9 heteroatoms. The van der Waals surface area contributed by atoms with Gasteiger partial charge in [-0.2, -0.15) is 0 Å². The summed E-state index contributed by atoms with van der Waals surface area (Å²) in [4.78, 5) is 28.5. The number of hydrogen-bond acceptors (Lipinski definition) is 5. The predicted molar refractivity (Wildman–Crippen MR) is 118 cm³/mol. The fraction of sp³-hybridized carbons (Fsp3) is 0.391. The number of ether oxygens (including phenoxy) is 1. The van der Waals surface area contributed by atoms with Gasteiger partial charge >= 0.3 is 5.69 Å². The van der Waals surface area contributed by atoms with Gasteiger partial charge in [0.15, 0.2) is 0 Å². The monoisotopic (exact) mass is 442 g/mol. The van der Waals surface area contributed by atoms with Gasteiger partial charge in [-0.25, -0.2) is 9.18 Å². The minimum atomic E-state index is -0.702. The molecule has 1 aliphatic rings. The van der Waals surface area contributed by atoms with Crippen molar-refractivity contribution in [2.24, 2.45) is 5.73 Å². The van der Waals surface area contributed by atoms with Crippen molar-refractivity contribution in [3.8, 4) is 5.75 Å². The number of primary amides is 1. The number of fused-ring (bicyclic) bond motifs is 1. The predicted octanol–water partition coefficient (Wildman–Crippen LogP) is 1.57. The van der Waals surface area contributed by atoms with Crippen molar-refractivity contribution in [2.75, 3.05) is 26.2 Å². The van der Waals surface area contributed by atoms with E-state index in [1.54, 1.807) is 34.9 Å². The fourth-order valence-corrected chi connectivity index (χ4v) is 4.34. The quantitative estimate of drug-likeness (QED) is 0.490. The number of imidazole rings is 1. The number of benzene rings is 2. The molecule has 1 saturated heterocycles. The van der Waals surface area contributed by atoms with E-state index in [0.717, 1.165) is 25.9 Å². The average Bonchev–Trinajstić information content (AvgIpc) is 3.08. The summed E-state index contributed by atoms with van der Waals surface area (Å²) in [5.74, 6) is -0.280. The number of amides is 1. The molecule has 1 aliphatic heterocycles.